The number of rotatable bonds is 7. The molecule has 0 fully saturated rings. The fourth-order valence-corrected chi connectivity index (χ4v) is 2.87. The quantitative estimate of drug-likeness (QED) is 0.614. The van der Waals surface area contributed by atoms with Gasteiger partial charge in [-0.05, 0) is 0 Å². The maximum atomic E-state index is 10.0. The van der Waals surface area contributed by atoms with E-state index in [1.807, 2.05) is 0 Å². The molecule has 5 nitrogen and oxygen atoms in total. The first kappa shape index (κ1) is 13.2. The normalized spacial score (nSPS) is 15.3. The molecular weight excluding hydrogens is 193 g/mol. The summed E-state index contributed by atoms with van der Waals surface area (Å²) in [4.78, 5) is 10.0. The van der Waals surface area contributed by atoms with Crippen LogP contribution in [0.1, 0.15) is 13.8 Å². The van der Waals surface area contributed by atoms with Gasteiger partial charge in [0.05, 0.1) is 0 Å². The Bertz CT molecular complexity index is 143. The summed E-state index contributed by atoms with van der Waals surface area (Å²) in [6, 6.07) is 0. The Morgan fingerprint density at radius 3 is 1.92 bits per heavy atom. The van der Waals surface area contributed by atoms with Crippen molar-refractivity contribution in [1.82, 2.24) is 0 Å². The molecule has 0 aliphatic heterocycles. The molecule has 0 saturated heterocycles. The molecule has 0 rings (SSSR count). The van der Waals surface area contributed by atoms with Crippen molar-refractivity contribution >= 4 is 7.51 Å². The van der Waals surface area contributed by atoms with Crippen molar-refractivity contribution < 1.29 is 18.5 Å². The molecule has 0 aromatic rings. The Morgan fingerprint density at radius 1 is 1.15 bits per heavy atom. The van der Waals surface area contributed by atoms with E-state index in [1.165, 1.54) is 6.66 Å². The molecule has 13 heavy (non-hydrogen) atoms. The summed E-state index contributed by atoms with van der Waals surface area (Å²) in [5.74, 6) is 0. The van der Waals surface area contributed by atoms with Crippen LogP contribution in [0.2, 0.25) is 0 Å². The summed E-state index contributed by atoms with van der Waals surface area (Å²) < 4.78 is 15.5. The fraction of sp³-hybridized carbons (Fsp3) is 1.00. The Hall–Kier alpha value is 0.230. The summed E-state index contributed by atoms with van der Waals surface area (Å²) in [6.07, 6.45) is 0. The predicted molar refractivity (Wildman–Crippen MR) is 53.3 cm³/mol. The number of nitrogens with two attached hydrogens (primary N) is 1. The first-order valence-corrected chi connectivity index (χ1v) is 6.77. The van der Waals surface area contributed by atoms with Crippen LogP contribution in [-0.4, -0.2) is 37.9 Å². The van der Waals surface area contributed by atoms with Crippen LogP contribution in [0, 0.1) is 0 Å². The molecule has 0 bridgehead atoms. The molecule has 0 amide bonds. The van der Waals surface area contributed by atoms with Crippen molar-refractivity contribution in [3.63, 3.8) is 0 Å². The molecule has 0 atom stereocenters. The van der Waals surface area contributed by atoms with Gasteiger partial charge in [-0.1, -0.05) is 0 Å². The average Bonchev–Trinajstić information content (AvgIpc) is 2.02. The first-order chi connectivity index (χ1) is 5.96. The molecule has 0 radical (unpaired) electrons. The van der Waals surface area contributed by atoms with Crippen LogP contribution >= 0.6 is 7.51 Å². The molecule has 0 aromatic heterocycles. The zero-order chi connectivity index (χ0) is 10.4. The Labute approximate surface area is 79.4 Å². The Morgan fingerprint density at radius 2 is 1.62 bits per heavy atom. The van der Waals surface area contributed by atoms with E-state index >= 15 is 0 Å². The van der Waals surface area contributed by atoms with Crippen LogP contribution < -0.4 is 5.73 Å². The average molecular weight is 213 g/mol. The van der Waals surface area contributed by atoms with Crippen molar-refractivity contribution in [3.8, 4) is 0 Å². The molecule has 0 saturated carbocycles. The summed E-state index contributed by atoms with van der Waals surface area (Å²) in [5, 5.41) is 0. The maximum absolute atomic E-state index is 10.0. The van der Waals surface area contributed by atoms with Gasteiger partial charge in [0.15, 0.2) is 0 Å². The van der Waals surface area contributed by atoms with Crippen molar-refractivity contribution in [1.29, 1.82) is 0 Å². The predicted octanol–water partition coefficient (Wildman–Crippen LogP) is 0.870. The third-order valence-electron chi connectivity index (χ3n) is 1.34. The van der Waals surface area contributed by atoms with Crippen molar-refractivity contribution in [2.45, 2.75) is 13.8 Å². The molecule has 0 aromatic carbocycles. The summed E-state index contributed by atoms with van der Waals surface area (Å²) >= 11 is 0. The molecular formula is C7H20NO4P. The van der Waals surface area contributed by atoms with Crippen LogP contribution in [0.15, 0.2) is 0 Å². The second-order valence-electron chi connectivity index (χ2n) is 2.67. The van der Waals surface area contributed by atoms with Crippen molar-refractivity contribution in [2.24, 2.45) is 5.73 Å². The zero-order valence-electron chi connectivity index (χ0n) is 8.52. The second-order valence-corrected chi connectivity index (χ2v) is 5.88. The molecule has 82 valence electrons. The monoisotopic (exact) mass is 213 g/mol. The van der Waals surface area contributed by atoms with Crippen LogP contribution in [0.25, 0.3) is 0 Å². The molecule has 6 heteroatoms. The first-order valence-electron chi connectivity index (χ1n) is 4.38. The van der Waals surface area contributed by atoms with Gasteiger partial charge in [0, 0.05) is 0 Å². The molecule has 3 N–H and O–H groups in total. The van der Waals surface area contributed by atoms with Gasteiger partial charge in [-0.2, -0.15) is 0 Å². The topological polar surface area (TPSA) is 73.9 Å². The van der Waals surface area contributed by atoms with Crippen LogP contribution in [0.3, 0.4) is 0 Å². The molecule has 0 aliphatic rings. The standard InChI is InChI=1S/C7H20NO4P/c1-4-10-13(3,9,11-5-2)12-7-6-8/h9H,4-8H2,1-3H3. The Kier molecular flexibility index (Phi) is 5.29. The van der Waals surface area contributed by atoms with E-state index in [4.69, 9.17) is 19.3 Å². The molecule has 0 spiro atoms. The van der Waals surface area contributed by atoms with Gasteiger partial charge in [-0.3, -0.25) is 0 Å². The van der Waals surface area contributed by atoms with Gasteiger partial charge >= 0.3 is 78.6 Å². The van der Waals surface area contributed by atoms with E-state index < -0.39 is 7.51 Å². The minimum absolute atomic E-state index is 0.227. The van der Waals surface area contributed by atoms with Crippen LogP contribution in [0.5, 0.6) is 0 Å². The molecule has 0 unspecified atom stereocenters. The zero-order valence-corrected chi connectivity index (χ0v) is 9.42. The van der Waals surface area contributed by atoms with Gasteiger partial charge in [0.2, 0.25) is 0 Å². The summed E-state index contributed by atoms with van der Waals surface area (Å²) in [6.45, 7) is 6.23. The van der Waals surface area contributed by atoms with E-state index in [0.717, 1.165) is 0 Å². The van der Waals surface area contributed by atoms with Gasteiger partial charge < -0.3 is 0 Å². The van der Waals surface area contributed by atoms with E-state index in [9.17, 15) is 4.89 Å². The molecule has 0 aliphatic carbocycles. The summed E-state index contributed by atoms with van der Waals surface area (Å²) in [7, 11) is -3.82. The van der Waals surface area contributed by atoms with Gasteiger partial charge in [-0.25, -0.2) is 0 Å². The van der Waals surface area contributed by atoms with Crippen LogP contribution in [-0.2, 0) is 13.6 Å². The van der Waals surface area contributed by atoms with E-state index in [1.54, 1.807) is 13.8 Å². The minimum atomic E-state index is -3.82. The van der Waals surface area contributed by atoms with E-state index in [0.29, 0.717) is 19.8 Å². The Balaban J connectivity index is 4.28. The van der Waals surface area contributed by atoms with E-state index in [-0.39, 0.29) is 6.61 Å². The molecule has 0 heterocycles. The van der Waals surface area contributed by atoms with Gasteiger partial charge in [-0.15, -0.1) is 0 Å². The third-order valence-corrected chi connectivity index (χ3v) is 3.80. The number of hydrogen-bond donors (Lipinski definition) is 2. The third kappa shape index (κ3) is 4.86. The van der Waals surface area contributed by atoms with Gasteiger partial charge in [0.1, 0.15) is 0 Å². The second kappa shape index (κ2) is 5.20. The van der Waals surface area contributed by atoms with Gasteiger partial charge in [0.25, 0.3) is 0 Å². The SMILES string of the molecule is CCOP(C)(O)(OCC)OCCN. The van der Waals surface area contributed by atoms with E-state index in [2.05, 4.69) is 0 Å². The van der Waals surface area contributed by atoms with Crippen molar-refractivity contribution in [3.05, 3.63) is 0 Å². The van der Waals surface area contributed by atoms with Crippen LogP contribution in [0.4, 0.5) is 0 Å². The summed E-state index contributed by atoms with van der Waals surface area (Å²) in [5.41, 5.74) is 5.26. The fourth-order valence-electron chi connectivity index (χ4n) is 0.956. The number of hydrogen-bond acceptors (Lipinski definition) is 5. The van der Waals surface area contributed by atoms with Crippen molar-refractivity contribution in [2.75, 3.05) is 33.0 Å².